The molecule has 0 radical (unpaired) electrons. The molecule has 4 N–H and O–H groups in total. The van der Waals surface area contributed by atoms with Crippen LogP contribution in [0, 0.1) is 5.41 Å². The Labute approximate surface area is 105 Å². The van der Waals surface area contributed by atoms with Gasteiger partial charge >= 0.3 is 5.69 Å². The van der Waals surface area contributed by atoms with Gasteiger partial charge in [-0.25, -0.2) is 4.79 Å². The highest BCUT2D eigenvalue weighted by Gasteiger charge is 2.31. The van der Waals surface area contributed by atoms with Crippen molar-refractivity contribution in [2.75, 3.05) is 11.1 Å². The SMILES string of the molecule is Cn1c(N)c(NC2CCC(C)(C)C2)c(=O)[nH]c1=O. The van der Waals surface area contributed by atoms with Gasteiger partial charge in [-0.15, -0.1) is 0 Å². The maximum atomic E-state index is 11.8. The third kappa shape index (κ3) is 2.27. The van der Waals surface area contributed by atoms with Crippen LogP contribution in [0.15, 0.2) is 9.59 Å². The van der Waals surface area contributed by atoms with Crippen LogP contribution in [-0.4, -0.2) is 15.6 Å². The number of nitrogens with zero attached hydrogens (tertiary/aromatic N) is 1. The Morgan fingerprint density at radius 1 is 1.44 bits per heavy atom. The highest BCUT2D eigenvalue weighted by molar-refractivity contribution is 5.60. The Balaban J connectivity index is 2.28. The predicted molar refractivity (Wildman–Crippen MR) is 71.8 cm³/mol. The molecule has 0 aliphatic heterocycles. The van der Waals surface area contributed by atoms with Crippen molar-refractivity contribution >= 4 is 11.5 Å². The number of H-pyrrole nitrogens is 1. The van der Waals surface area contributed by atoms with Gasteiger partial charge in [-0.2, -0.15) is 0 Å². The fraction of sp³-hybridized carbons (Fsp3) is 0.667. The average Bonchev–Trinajstić information content (AvgIpc) is 2.61. The maximum Gasteiger partial charge on any atom is 0.329 e. The summed E-state index contributed by atoms with van der Waals surface area (Å²) in [5, 5.41) is 3.17. The van der Waals surface area contributed by atoms with Crippen molar-refractivity contribution in [2.24, 2.45) is 12.5 Å². The van der Waals surface area contributed by atoms with Gasteiger partial charge in [-0.3, -0.25) is 14.3 Å². The number of nitrogen functional groups attached to an aromatic ring is 1. The lowest BCUT2D eigenvalue weighted by Gasteiger charge is -2.19. The summed E-state index contributed by atoms with van der Waals surface area (Å²) in [6, 6.07) is 0.237. The Hall–Kier alpha value is -1.72. The molecule has 6 nitrogen and oxygen atoms in total. The molecule has 1 unspecified atom stereocenters. The Morgan fingerprint density at radius 2 is 2.11 bits per heavy atom. The highest BCUT2D eigenvalue weighted by Crippen LogP contribution is 2.38. The van der Waals surface area contributed by atoms with E-state index in [-0.39, 0.29) is 11.9 Å². The van der Waals surface area contributed by atoms with Crippen LogP contribution >= 0.6 is 0 Å². The fourth-order valence-electron chi connectivity index (χ4n) is 2.54. The number of rotatable bonds is 2. The van der Waals surface area contributed by atoms with Crippen LogP contribution < -0.4 is 22.3 Å². The van der Waals surface area contributed by atoms with Crippen molar-refractivity contribution in [3.63, 3.8) is 0 Å². The summed E-state index contributed by atoms with van der Waals surface area (Å²) in [6.07, 6.45) is 3.12. The van der Waals surface area contributed by atoms with Crippen molar-refractivity contribution in [2.45, 2.75) is 39.2 Å². The summed E-state index contributed by atoms with van der Waals surface area (Å²) in [6.45, 7) is 4.42. The number of aromatic amines is 1. The van der Waals surface area contributed by atoms with Gasteiger partial charge in [0.05, 0.1) is 0 Å². The van der Waals surface area contributed by atoms with Crippen LogP contribution in [0.4, 0.5) is 11.5 Å². The second kappa shape index (κ2) is 4.19. The van der Waals surface area contributed by atoms with Crippen LogP contribution in [0.25, 0.3) is 0 Å². The number of hydrogen-bond acceptors (Lipinski definition) is 4. The van der Waals surface area contributed by atoms with E-state index in [1.807, 2.05) is 0 Å². The van der Waals surface area contributed by atoms with E-state index in [0.717, 1.165) is 19.3 Å². The molecule has 1 aromatic rings. The first-order valence-corrected chi connectivity index (χ1v) is 6.15. The quantitative estimate of drug-likeness (QED) is 0.720. The Morgan fingerprint density at radius 3 is 2.67 bits per heavy atom. The molecule has 0 spiro atoms. The first-order chi connectivity index (χ1) is 8.30. The largest absolute Gasteiger partial charge is 0.383 e. The summed E-state index contributed by atoms with van der Waals surface area (Å²) in [5.74, 6) is 0.188. The van der Waals surface area contributed by atoms with Crippen LogP contribution in [0.2, 0.25) is 0 Å². The van der Waals surface area contributed by atoms with E-state index in [4.69, 9.17) is 5.73 Å². The minimum absolute atomic E-state index is 0.188. The lowest BCUT2D eigenvalue weighted by molar-refractivity contribution is 0.378. The molecule has 1 aliphatic carbocycles. The van der Waals surface area contributed by atoms with Crippen LogP contribution in [0.1, 0.15) is 33.1 Å². The van der Waals surface area contributed by atoms with Gasteiger partial charge in [0.25, 0.3) is 5.56 Å². The van der Waals surface area contributed by atoms with Crippen LogP contribution in [-0.2, 0) is 7.05 Å². The summed E-state index contributed by atoms with van der Waals surface area (Å²) in [7, 11) is 1.54. The minimum Gasteiger partial charge on any atom is -0.383 e. The monoisotopic (exact) mass is 252 g/mol. The number of nitrogens with one attached hydrogen (secondary N) is 2. The highest BCUT2D eigenvalue weighted by atomic mass is 16.2. The second-order valence-corrected chi connectivity index (χ2v) is 5.83. The molecule has 1 aliphatic rings. The molecular weight excluding hydrogens is 232 g/mol. The van der Waals surface area contributed by atoms with Gasteiger partial charge in [0, 0.05) is 13.1 Å². The van der Waals surface area contributed by atoms with Crippen molar-refractivity contribution in [1.29, 1.82) is 0 Å². The lowest BCUT2D eigenvalue weighted by atomic mass is 9.92. The van der Waals surface area contributed by atoms with E-state index >= 15 is 0 Å². The molecule has 1 fully saturated rings. The molecule has 18 heavy (non-hydrogen) atoms. The van der Waals surface area contributed by atoms with Gasteiger partial charge in [-0.05, 0) is 24.7 Å². The Bertz CT molecular complexity index is 570. The molecule has 6 heteroatoms. The van der Waals surface area contributed by atoms with E-state index in [1.165, 1.54) is 11.6 Å². The number of anilines is 2. The predicted octanol–water partition coefficient (Wildman–Crippen LogP) is 0.646. The number of nitrogens with two attached hydrogens (primary N) is 1. The third-order valence-corrected chi connectivity index (χ3v) is 3.69. The van der Waals surface area contributed by atoms with Gasteiger partial charge in [0.2, 0.25) is 0 Å². The molecular formula is C12H20N4O2. The smallest absolute Gasteiger partial charge is 0.329 e. The molecule has 0 saturated heterocycles. The van der Waals surface area contributed by atoms with Crippen molar-refractivity contribution in [3.8, 4) is 0 Å². The summed E-state index contributed by atoms with van der Waals surface area (Å²) in [5.41, 5.74) is 5.47. The van der Waals surface area contributed by atoms with Gasteiger partial charge < -0.3 is 11.1 Å². The average molecular weight is 252 g/mol. The molecule has 1 atom stereocenters. The van der Waals surface area contributed by atoms with Gasteiger partial charge in [-0.1, -0.05) is 13.8 Å². The zero-order valence-corrected chi connectivity index (χ0v) is 11.0. The van der Waals surface area contributed by atoms with E-state index < -0.39 is 11.2 Å². The molecule has 100 valence electrons. The molecule has 0 aromatic carbocycles. The summed E-state index contributed by atoms with van der Waals surface area (Å²) in [4.78, 5) is 25.4. The maximum absolute atomic E-state index is 11.8. The van der Waals surface area contributed by atoms with Crippen molar-refractivity contribution in [3.05, 3.63) is 20.8 Å². The Kier molecular flexibility index (Phi) is 2.96. The molecule has 0 bridgehead atoms. The standard InChI is InChI=1S/C12H20N4O2/c1-12(2)5-4-7(6-12)14-8-9(13)16(3)11(18)15-10(8)17/h7,14H,4-6,13H2,1-3H3,(H,15,17,18). The van der Waals surface area contributed by atoms with Gasteiger partial charge in [0.15, 0.2) is 0 Å². The normalized spacial score (nSPS) is 22.1. The summed E-state index contributed by atoms with van der Waals surface area (Å²) >= 11 is 0. The zero-order chi connectivity index (χ0) is 13.5. The van der Waals surface area contributed by atoms with E-state index in [9.17, 15) is 9.59 Å². The van der Waals surface area contributed by atoms with E-state index in [0.29, 0.717) is 11.1 Å². The van der Waals surface area contributed by atoms with Crippen molar-refractivity contribution in [1.82, 2.24) is 9.55 Å². The summed E-state index contributed by atoms with van der Waals surface area (Å²) < 4.78 is 1.24. The lowest BCUT2D eigenvalue weighted by Crippen LogP contribution is -2.34. The van der Waals surface area contributed by atoms with Crippen molar-refractivity contribution < 1.29 is 0 Å². The zero-order valence-electron chi connectivity index (χ0n) is 11.0. The van der Waals surface area contributed by atoms with Crippen LogP contribution in [0.5, 0.6) is 0 Å². The van der Waals surface area contributed by atoms with E-state index in [2.05, 4.69) is 24.1 Å². The first-order valence-electron chi connectivity index (χ1n) is 6.15. The molecule has 2 rings (SSSR count). The molecule has 0 amide bonds. The third-order valence-electron chi connectivity index (χ3n) is 3.69. The minimum atomic E-state index is -0.491. The van der Waals surface area contributed by atoms with E-state index in [1.54, 1.807) is 0 Å². The first kappa shape index (κ1) is 12.7. The second-order valence-electron chi connectivity index (χ2n) is 5.83. The van der Waals surface area contributed by atoms with Gasteiger partial charge in [0.1, 0.15) is 11.5 Å². The fourth-order valence-corrected chi connectivity index (χ4v) is 2.54. The molecule has 1 aromatic heterocycles. The van der Waals surface area contributed by atoms with Crippen LogP contribution in [0.3, 0.4) is 0 Å². The number of aromatic nitrogens is 2. The molecule has 1 saturated carbocycles. The number of hydrogen-bond donors (Lipinski definition) is 3. The topological polar surface area (TPSA) is 92.9 Å². The molecule has 1 heterocycles.